The number of carbonyl (C=O) groups excluding carboxylic acids is 1. The van der Waals surface area contributed by atoms with Gasteiger partial charge in [0.15, 0.2) is 4.98 Å². The number of esters is 1. The first kappa shape index (κ1) is 15.6. The molecule has 1 aliphatic heterocycles. The molecule has 0 aromatic heterocycles. The largest absolute Gasteiger partial charge is 0.475 e. The van der Waals surface area contributed by atoms with Crippen LogP contribution in [0.3, 0.4) is 0 Å². The fourth-order valence-corrected chi connectivity index (χ4v) is 1.99. The Hall–Kier alpha value is -2.81. The van der Waals surface area contributed by atoms with Gasteiger partial charge in [-0.15, -0.1) is 0 Å². The van der Waals surface area contributed by atoms with E-state index in [2.05, 4.69) is 4.98 Å². The van der Waals surface area contributed by atoms with E-state index in [9.17, 15) is 9.90 Å². The van der Waals surface area contributed by atoms with E-state index in [1.165, 1.54) is 6.08 Å². The zero-order chi connectivity index (χ0) is 16.2. The highest BCUT2D eigenvalue weighted by atomic mass is 16.6. The molecule has 1 N–H and O–H groups in total. The minimum absolute atomic E-state index is 0.181. The summed E-state index contributed by atoms with van der Waals surface area (Å²) in [5.74, 6) is -1.19. The van der Waals surface area contributed by atoms with Crippen molar-refractivity contribution < 1.29 is 19.4 Å². The number of rotatable bonds is 4. The van der Waals surface area contributed by atoms with Crippen LogP contribution in [0.15, 0.2) is 48.1 Å². The Balaban J connectivity index is 2.18. The summed E-state index contributed by atoms with van der Waals surface area (Å²) in [5, 5.41) is 18.9. The number of hydrogen-bond acceptors (Lipinski definition) is 5. The maximum Gasteiger partial charge on any atom is 0.464 e. The minimum atomic E-state index is -0.950. The van der Waals surface area contributed by atoms with Crippen LogP contribution in [0.1, 0.15) is 19.4 Å². The molecule has 0 amide bonds. The van der Waals surface area contributed by atoms with E-state index in [1.807, 2.05) is 30.3 Å². The van der Waals surface area contributed by atoms with Gasteiger partial charge in [-0.05, 0) is 11.6 Å². The van der Waals surface area contributed by atoms with Gasteiger partial charge in [0.2, 0.25) is 11.5 Å². The molecule has 1 aliphatic rings. The molecule has 0 unspecified atom stereocenters. The highest BCUT2D eigenvalue weighted by molar-refractivity contribution is 5.78. The van der Waals surface area contributed by atoms with Gasteiger partial charge >= 0.3 is 17.6 Å². The Morgan fingerprint density at radius 1 is 1.45 bits per heavy atom. The van der Waals surface area contributed by atoms with Crippen molar-refractivity contribution in [3.63, 3.8) is 0 Å². The summed E-state index contributed by atoms with van der Waals surface area (Å²) < 4.78 is 10.2. The van der Waals surface area contributed by atoms with Gasteiger partial charge in [-0.2, -0.15) is 0 Å². The maximum atomic E-state index is 11.6. The van der Waals surface area contributed by atoms with Gasteiger partial charge < -0.3 is 14.6 Å². The van der Waals surface area contributed by atoms with Crippen LogP contribution in [-0.2, 0) is 14.3 Å². The molecule has 0 saturated carbocycles. The van der Waals surface area contributed by atoms with E-state index in [0.717, 1.165) is 5.56 Å². The number of diazo groups is 1. The molecule has 1 heterocycles. The molecule has 6 nitrogen and oxygen atoms in total. The van der Waals surface area contributed by atoms with Crippen molar-refractivity contribution in [3.8, 4) is 0 Å². The number of hydrogen-bond donors (Lipinski definition) is 1. The number of nitrogens with zero attached hydrogens (tertiary/aromatic N) is 2. The Kier molecular flexibility index (Phi) is 4.47. The molecule has 0 spiro atoms. The van der Waals surface area contributed by atoms with E-state index in [-0.39, 0.29) is 12.3 Å². The Bertz CT molecular complexity index is 656. The number of cyclic esters (lactones) is 1. The standard InChI is InChI=1S/C16H16N2O4/c1-16(2)10-21-15(20)13(16)22-14(19)12(18-17)9-8-11-6-4-3-5-7-11/h3-9,13H,10H2,1-2H3/p+1/b9-8+,14-12+/t13-/m0/s1. The zero-order valence-corrected chi connectivity index (χ0v) is 12.4. The summed E-state index contributed by atoms with van der Waals surface area (Å²) in [4.78, 5) is 14.6. The number of ether oxygens (including phenoxy) is 2. The molecule has 22 heavy (non-hydrogen) atoms. The molecule has 0 bridgehead atoms. The van der Waals surface area contributed by atoms with Crippen molar-refractivity contribution in [1.29, 1.82) is 5.39 Å². The average Bonchev–Trinajstić information content (AvgIpc) is 2.76. The second-order valence-electron chi connectivity index (χ2n) is 5.63. The molecule has 6 heteroatoms. The summed E-state index contributed by atoms with van der Waals surface area (Å²) in [6.07, 6.45) is 2.08. The molecule has 2 rings (SSSR count). The van der Waals surface area contributed by atoms with Crippen molar-refractivity contribution in [3.05, 3.63) is 58.6 Å². The van der Waals surface area contributed by atoms with Crippen LogP contribution in [0.25, 0.3) is 11.1 Å². The summed E-state index contributed by atoms with van der Waals surface area (Å²) in [6.45, 7) is 3.77. The van der Waals surface area contributed by atoms with Gasteiger partial charge in [-0.1, -0.05) is 44.2 Å². The molecular weight excluding hydrogens is 284 g/mol. The summed E-state index contributed by atoms with van der Waals surface area (Å²) in [6, 6.07) is 9.28. The Morgan fingerprint density at radius 3 is 2.68 bits per heavy atom. The quantitative estimate of drug-likeness (QED) is 0.399. The van der Waals surface area contributed by atoms with Crippen LogP contribution in [0.5, 0.6) is 0 Å². The smallest absolute Gasteiger partial charge is 0.464 e. The monoisotopic (exact) mass is 301 g/mol. The highest BCUT2D eigenvalue weighted by Crippen LogP contribution is 2.32. The molecule has 1 fully saturated rings. The third-order valence-corrected chi connectivity index (χ3v) is 3.30. The normalized spacial score (nSPS) is 21.1. The number of benzene rings is 1. The van der Waals surface area contributed by atoms with Crippen molar-refractivity contribution in [2.45, 2.75) is 20.0 Å². The van der Waals surface area contributed by atoms with Crippen molar-refractivity contribution in [1.82, 2.24) is 0 Å². The van der Waals surface area contributed by atoms with Crippen LogP contribution in [0, 0.1) is 10.8 Å². The lowest BCUT2D eigenvalue weighted by Gasteiger charge is -2.20. The van der Waals surface area contributed by atoms with E-state index < -0.39 is 23.4 Å². The number of allylic oxidation sites excluding steroid dienone is 1. The third-order valence-electron chi connectivity index (χ3n) is 3.30. The summed E-state index contributed by atoms with van der Waals surface area (Å²) in [5.41, 5.74) is 0.103. The average molecular weight is 301 g/mol. The predicted octanol–water partition coefficient (Wildman–Crippen LogP) is 3.25. The summed E-state index contributed by atoms with van der Waals surface area (Å²) in [7, 11) is 0. The number of aliphatic hydroxyl groups is 1. The van der Waals surface area contributed by atoms with Gasteiger partial charge in [0.05, 0.1) is 0 Å². The van der Waals surface area contributed by atoms with Crippen LogP contribution in [-0.4, -0.2) is 23.8 Å². The molecule has 0 aliphatic carbocycles. The Labute approximate surface area is 128 Å². The van der Waals surface area contributed by atoms with Gasteiger partial charge in [0.1, 0.15) is 6.61 Å². The zero-order valence-electron chi connectivity index (χ0n) is 12.4. The van der Waals surface area contributed by atoms with Gasteiger partial charge in [-0.3, -0.25) is 0 Å². The minimum Gasteiger partial charge on any atom is -0.475 e. The second kappa shape index (κ2) is 6.31. The van der Waals surface area contributed by atoms with Gasteiger partial charge in [0.25, 0.3) is 0 Å². The fourth-order valence-electron chi connectivity index (χ4n) is 1.99. The van der Waals surface area contributed by atoms with Crippen molar-refractivity contribution in [2.24, 2.45) is 5.41 Å². The SMILES string of the molecule is CC1(C)COC(=O)[C@@H]1O/C(O)=C(\C=C\c1ccccc1)[N+]#N. The van der Waals surface area contributed by atoms with Crippen LogP contribution in [0.2, 0.25) is 0 Å². The summed E-state index contributed by atoms with van der Waals surface area (Å²) >= 11 is 0. The Morgan fingerprint density at radius 2 is 2.14 bits per heavy atom. The lowest BCUT2D eigenvalue weighted by atomic mass is 9.90. The molecule has 1 aromatic rings. The maximum absolute atomic E-state index is 11.6. The van der Waals surface area contributed by atoms with Crippen molar-refractivity contribution in [2.75, 3.05) is 6.61 Å². The van der Waals surface area contributed by atoms with Crippen LogP contribution in [0.4, 0.5) is 0 Å². The topological polar surface area (TPSA) is 83.9 Å². The molecule has 1 saturated heterocycles. The van der Waals surface area contributed by atoms with Gasteiger partial charge in [-0.25, -0.2) is 4.79 Å². The van der Waals surface area contributed by atoms with E-state index >= 15 is 0 Å². The molecular formula is C16H17N2O4+. The van der Waals surface area contributed by atoms with Gasteiger partial charge in [0, 0.05) is 11.5 Å². The molecule has 1 aromatic carbocycles. The second-order valence-corrected chi connectivity index (χ2v) is 5.63. The lowest BCUT2D eigenvalue weighted by Crippen LogP contribution is -2.32. The predicted molar refractivity (Wildman–Crippen MR) is 79.8 cm³/mol. The number of carbonyl (C=O) groups is 1. The molecule has 114 valence electrons. The fraction of sp³-hybridized carbons (Fsp3) is 0.312. The van der Waals surface area contributed by atoms with E-state index in [4.69, 9.17) is 14.9 Å². The van der Waals surface area contributed by atoms with E-state index in [0.29, 0.717) is 0 Å². The van der Waals surface area contributed by atoms with Crippen molar-refractivity contribution >= 4 is 12.0 Å². The number of aliphatic hydroxyl groups excluding tert-OH is 1. The van der Waals surface area contributed by atoms with Crippen LogP contribution < -0.4 is 0 Å². The third kappa shape index (κ3) is 3.44. The first-order valence-electron chi connectivity index (χ1n) is 6.79. The van der Waals surface area contributed by atoms with Crippen LogP contribution >= 0.6 is 0 Å². The first-order chi connectivity index (χ1) is 10.4. The van der Waals surface area contributed by atoms with E-state index in [1.54, 1.807) is 19.9 Å². The molecule has 0 radical (unpaired) electrons. The molecule has 1 atom stereocenters. The first-order valence-corrected chi connectivity index (χ1v) is 6.79. The lowest BCUT2D eigenvalue weighted by molar-refractivity contribution is -0.148. The highest BCUT2D eigenvalue weighted by Gasteiger charge is 2.47.